The van der Waals surface area contributed by atoms with Crippen molar-refractivity contribution in [2.24, 2.45) is 5.10 Å². The van der Waals surface area contributed by atoms with Crippen LogP contribution in [0.1, 0.15) is 35.4 Å². The molecule has 7 heteroatoms. The largest absolute Gasteiger partial charge is 0.496 e. The minimum atomic E-state index is -0.413. The summed E-state index contributed by atoms with van der Waals surface area (Å²) in [5.74, 6) is 1.26. The third-order valence-electron chi connectivity index (χ3n) is 5.39. The fourth-order valence-electron chi connectivity index (χ4n) is 3.93. The SMILES string of the molecule is COc1ccc([C@H]2Oc3ccc(Cl)cc3[C@H]3CC(c4ccc(F)cc4)=NN32)cc1Br. The molecule has 2 heterocycles. The van der Waals surface area contributed by atoms with E-state index in [4.69, 9.17) is 26.2 Å². The van der Waals surface area contributed by atoms with Crippen molar-refractivity contribution in [2.75, 3.05) is 7.11 Å². The van der Waals surface area contributed by atoms with Gasteiger partial charge in [0.15, 0.2) is 0 Å². The lowest BCUT2D eigenvalue weighted by molar-refractivity contribution is -0.0190. The third kappa shape index (κ3) is 3.34. The van der Waals surface area contributed by atoms with Gasteiger partial charge in [0.1, 0.15) is 17.3 Å². The van der Waals surface area contributed by atoms with E-state index in [1.165, 1.54) is 12.1 Å². The summed E-state index contributed by atoms with van der Waals surface area (Å²) < 4.78 is 25.9. The van der Waals surface area contributed by atoms with E-state index < -0.39 is 6.23 Å². The van der Waals surface area contributed by atoms with E-state index in [-0.39, 0.29) is 11.9 Å². The van der Waals surface area contributed by atoms with E-state index in [0.29, 0.717) is 11.4 Å². The molecule has 2 atom stereocenters. The molecule has 152 valence electrons. The van der Waals surface area contributed by atoms with Gasteiger partial charge >= 0.3 is 0 Å². The van der Waals surface area contributed by atoms with Crippen molar-refractivity contribution in [3.8, 4) is 11.5 Å². The van der Waals surface area contributed by atoms with Gasteiger partial charge < -0.3 is 9.47 Å². The summed E-state index contributed by atoms with van der Waals surface area (Å²) in [6, 6.07) is 17.9. The van der Waals surface area contributed by atoms with Gasteiger partial charge in [-0.2, -0.15) is 5.10 Å². The Labute approximate surface area is 187 Å². The topological polar surface area (TPSA) is 34.1 Å². The molecule has 0 amide bonds. The zero-order valence-electron chi connectivity index (χ0n) is 16.0. The van der Waals surface area contributed by atoms with Crippen LogP contribution in [0.4, 0.5) is 4.39 Å². The van der Waals surface area contributed by atoms with Crippen molar-refractivity contribution in [3.63, 3.8) is 0 Å². The molecule has 0 unspecified atom stereocenters. The average molecular weight is 488 g/mol. The summed E-state index contributed by atoms with van der Waals surface area (Å²) in [5.41, 5.74) is 3.71. The Morgan fingerprint density at radius 1 is 1.13 bits per heavy atom. The van der Waals surface area contributed by atoms with Crippen molar-refractivity contribution in [2.45, 2.75) is 18.7 Å². The Hall–Kier alpha value is -2.57. The average Bonchev–Trinajstić information content (AvgIpc) is 3.19. The molecular weight excluding hydrogens is 471 g/mol. The second kappa shape index (κ2) is 7.60. The fraction of sp³-hybridized carbons (Fsp3) is 0.174. The van der Waals surface area contributed by atoms with Gasteiger partial charge in [0, 0.05) is 22.6 Å². The summed E-state index contributed by atoms with van der Waals surface area (Å²) >= 11 is 9.83. The maximum Gasteiger partial charge on any atom is 0.213 e. The number of ether oxygens (including phenoxy) is 2. The van der Waals surface area contributed by atoms with Crippen LogP contribution in [-0.2, 0) is 0 Å². The number of hydrogen-bond donors (Lipinski definition) is 0. The van der Waals surface area contributed by atoms with Crippen LogP contribution in [0.25, 0.3) is 0 Å². The van der Waals surface area contributed by atoms with Crippen LogP contribution in [-0.4, -0.2) is 17.8 Å². The molecule has 2 aliphatic rings. The highest BCUT2D eigenvalue weighted by molar-refractivity contribution is 9.10. The molecule has 2 aliphatic heterocycles. The van der Waals surface area contributed by atoms with Gasteiger partial charge in [-0.25, -0.2) is 9.40 Å². The van der Waals surface area contributed by atoms with Crippen LogP contribution in [0.5, 0.6) is 11.5 Å². The van der Waals surface area contributed by atoms with E-state index in [1.54, 1.807) is 19.2 Å². The number of nitrogens with zero attached hydrogens (tertiary/aromatic N) is 2. The van der Waals surface area contributed by atoms with Crippen LogP contribution in [0.2, 0.25) is 5.02 Å². The van der Waals surface area contributed by atoms with Crippen LogP contribution < -0.4 is 9.47 Å². The number of halogens is 3. The molecule has 0 bridgehead atoms. The van der Waals surface area contributed by atoms with Gasteiger partial charge in [0.2, 0.25) is 6.23 Å². The lowest BCUT2D eigenvalue weighted by Crippen LogP contribution is -2.33. The molecule has 0 aromatic heterocycles. The highest BCUT2D eigenvalue weighted by Gasteiger charge is 2.41. The monoisotopic (exact) mass is 486 g/mol. The van der Waals surface area contributed by atoms with Gasteiger partial charge in [-0.05, 0) is 70.0 Å². The number of methoxy groups -OCH3 is 1. The Bertz CT molecular complexity index is 1150. The molecular formula is C23H17BrClFN2O2. The van der Waals surface area contributed by atoms with Crippen molar-refractivity contribution in [3.05, 3.63) is 92.7 Å². The Kier molecular flexibility index (Phi) is 4.91. The molecule has 3 aromatic rings. The number of hydrazone groups is 1. The van der Waals surface area contributed by atoms with Crippen molar-refractivity contribution < 1.29 is 13.9 Å². The fourth-order valence-corrected chi connectivity index (χ4v) is 4.67. The smallest absolute Gasteiger partial charge is 0.213 e. The van der Waals surface area contributed by atoms with E-state index in [0.717, 1.165) is 38.4 Å². The zero-order chi connectivity index (χ0) is 20.8. The highest BCUT2D eigenvalue weighted by atomic mass is 79.9. The summed E-state index contributed by atoms with van der Waals surface area (Å²) in [7, 11) is 1.63. The second-order valence-electron chi connectivity index (χ2n) is 7.20. The first-order valence-electron chi connectivity index (χ1n) is 9.45. The van der Waals surface area contributed by atoms with E-state index in [2.05, 4.69) is 15.9 Å². The first-order chi connectivity index (χ1) is 14.5. The number of rotatable bonds is 3. The van der Waals surface area contributed by atoms with Gasteiger partial charge in [-0.1, -0.05) is 23.7 Å². The molecule has 0 radical (unpaired) electrons. The maximum atomic E-state index is 13.4. The van der Waals surface area contributed by atoms with Crippen LogP contribution in [0, 0.1) is 5.82 Å². The Morgan fingerprint density at radius 2 is 1.93 bits per heavy atom. The number of fused-ring (bicyclic) bond motifs is 3. The molecule has 0 spiro atoms. The van der Waals surface area contributed by atoms with Gasteiger partial charge in [-0.15, -0.1) is 0 Å². The number of benzene rings is 3. The summed E-state index contributed by atoms with van der Waals surface area (Å²) in [4.78, 5) is 0. The molecule has 0 saturated carbocycles. The van der Waals surface area contributed by atoms with E-state index in [9.17, 15) is 4.39 Å². The van der Waals surface area contributed by atoms with E-state index in [1.807, 2.05) is 41.4 Å². The molecule has 3 aromatic carbocycles. The Morgan fingerprint density at radius 3 is 2.67 bits per heavy atom. The van der Waals surface area contributed by atoms with Crippen molar-refractivity contribution in [1.82, 2.24) is 5.01 Å². The predicted molar refractivity (Wildman–Crippen MR) is 118 cm³/mol. The minimum Gasteiger partial charge on any atom is -0.496 e. The Balaban J connectivity index is 1.59. The lowest BCUT2D eigenvalue weighted by Gasteiger charge is -2.38. The van der Waals surface area contributed by atoms with Crippen LogP contribution >= 0.6 is 27.5 Å². The van der Waals surface area contributed by atoms with Crippen molar-refractivity contribution >= 4 is 33.2 Å². The molecule has 0 saturated heterocycles. The summed E-state index contributed by atoms with van der Waals surface area (Å²) in [5, 5.41) is 7.50. The second-order valence-corrected chi connectivity index (χ2v) is 8.49. The van der Waals surface area contributed by atoms with Crippen LogP contribution in [0.3, 0.4) is 0 Å². The summed E-state index contributed by atoms with van der Waals surface area (Å²) in [6.07, 6.45) is 0.264. The van der Waals surface area contributed by atoms with Gasteiger partial charge in [0.05, 0.1) is 23.3 Å². The van der Waals surface area contributed by atoms with Gasteiger partial charge in [0.25, 0.3) is 0 Å². The minimum absolute atomic E-state index is 0.0293. The molecule has 0 fully saturated rings. The first-order valence-corrected chi connectivity index (χ1v) is 10.6. The predicted octanol–water partition coefficient (Wildman–Crippen LogP) is 6.49. The van der Waals surface area contributed by atoms with Crippen LogP contribution in [0.15, 0.2) is 70.2 Å². The first kappa shape index (κ1) is 19.4. The number of hydrogen-bond acceptors (Lipinski definition) is 4. The maximum absolute atomic E-state index is 13.4. The quantitative estimate of drug-likeness (QED) is 0.423. The molecule has 5 rings (SSSR count). The van der Waals surface area contributed by atoms with Crippen molar-refractivity contribution in [1.29, 1.82) is 0 Å². The van der Waals surface area contributed by atoms with E-state index >= 15 is 0 Å². The van der Waals surface area contributed by atoms with Gasteiger partial charge in [-0.3, -0.25) is 0 Å². The third-order valence-corrected chi connectivity index (χ3v) is 6.25. The molecule has 0 aliphatic carbocycles. The molecule has 30 heavy (non-hydrogen) atoms. The highest BCUT2D eigenvalue weighted by Crippen LogP contribution is 2.48. The standard InChI is InChI=1S/C23H17BrClFN2O2/c1-29-22-8-4-14(10-18(22)24)23-28-20(17-11-15(25)5-9-21(17)30-23)12-19(27-28)13-2-6-16(26)7-3-13/h2-11,20,23H,12H2,1H3/t20-,23-/m1/s1. The molecule has 4 nitrogen and oxygen atoms in total. The summed E-state index contributed by atoms with van der Waals surface area (Å²) in [6.45, 7) is 0. The normalized spacial score (nSPS) is 19.6. The zero-order valence-corrected chi connectivity index (χ0v) is 18.3. The lowest BCUT2D eigenvalue weighted by atomic mass is 9.96. The molecule has 0 N–H and O–H groups in total.